The summed E-state index contributed by atoms with van der Waals surface area (Å²) in [4.78, 5) is 16.5. The summed E-state index contributed by atoms with van der Waals surface area (Å²) in [6.07, 6.45) is 2.96. The molecule has 0 bridgehead atoms. The largest absolute Gasteiger partial charge is 0.495 e. The van der Waals surface area contributed by atoms with Gasteiger partial charge in [0.25, 0.3) is 15.9 Å². The molecule has 0 saturated heterocycles. The first-order chi connectivity index (χ1) is 15.2. The molecule has 7 nitrogen and oxygen atoms in total. The molecule has 0 spiro atoms. The number of carbonyl (C=O) groups is 1. The first-order valence-corrected chi connectivity index (χ1v) is 11.0. The standard InChI is InChI=1S/C22H21F2N3O4S/c1-14(9-15-7-8-19(23)20(24)10-15)26-22(28)18-5-3-4-6-21(18)32(29,30)27-16-11-17(31-2)13-25-12-16/h3-8,10-14,27H,9H2,1-2H3,(H,26,28). The third-order valence-electron chi connectivity index (χ3n) is 4.53. The Bertz CT molecular complexity index is 1240. The van der Waals surface area contributed by atoms with E-state index < -0.39 is 33.6 Å². The van der Waals surface area contributed by atoms with E-state index in [9.17, 15) is 22.0 Å². The SMILES string of the molecule is COc1cncc(NS(=O)(=O)c2ccccc2C(=O)NC(C)Cc2ccc(F)c(F)c2)c1. The zero-order valence-electron chi connectivity index (χ0n) is 17.3. The van der Waals surface area contributed by atoms with Crippen molar-refractivity contribution in [2.45, 2.75) is 24.3 Å². The van der Waals surface area contributed by atoms with Crippen LogP contribution in [0.4, 0.5) is 14.5 Å². The molecule has 1 heterocycles. The van der Waals surface area contributed by atoms with E-state index in [0.717, 1.165) is 12.1 Å². The second kappa shape index (κ2) is 9.73. The highest BCUT2D eigenvalue weighted by Crippen LogP contribution is 2.22. The molecule has 1 unspecified atom stereocenters. The molecule has 32 heavy (non-hydrogen) atoms. The number of ether oxygens (including phenoxy) is 1. The Morgan fingerprint density at radius 1 is 1.09 bits per heavy atom. The van der Waals surface area contributed by atoms with E-state index in [1.165, 1.54) is 49.8 Å². The number of nitrogens with zero attached hydrogens (tertiary/aromatic N) is 1. The van der Waals surface area contributed by atoms with E-state index in [1.807, 2.05) is 0 Å². The monoisotopic (exact) mass is 461 g/mol. The molecule has 2 aromatic carbocycles. The number of carbonyl (C=O) groups excluding carboxylic acids is 1. The van der Waals surface area contributed by atoms with Crippen LogP contribution in [-0.4, -0.2) is 32.5 Å². The van der Waals surface area contributed by atoms with Gasteiger partial charge >= 0.3 is 0 Å². The van der Waals surface area contributed by atoms with Gasteiger partial charge in [0.15, 0.2) is 11.6 Å². The maximum atomic E-state index is 13.4. The van der Waals surface area contributed by atoms with Crippen LogP contribution in [-0.2, 0) is 16.4 Å². The molecule has 0 radical (unpaired) electrons. The average Bonchev–Trinajstić information content (AvgIpc) is 2.76. The first kappa shape index (κ1) is 23.1. The number of anilines is 1. The Kier molecular flexibility index (Phi) is 7.04. The van der Waals surface area contributed by atoms with E-state index in [2.05, 4.69) is 15.0 Å². The van der Waals surface area contributed by atoms with Gasteiger partial charge in [-0.1, -0.05) is 18.2 Å². The van der Waals surface area contributed by atoms with Crippen molar-refractivity contribution in [3.8, 4) is 5.75 Å². The fourth-order valence-electron chi connectivity index (χ4n) is 3.06. The third-order valence-corrected chi connectivity index (χ3v) is 5.97. The van der Waals surface area contributed by atoms with Crippen molar-refractivity contribution in [2.24, 2.45) is 0 Å². The Morgan fingerprint density at radius 3 is 2.56 bits per heavy atom. The Labute approximate surface area is 184 Å². The van der Waals surface area contributed by atoms with E-state index in [-0.39, 0.29) is 22.6 Å². The molecule has 0 aliphatic rings. The van der Waals surface area contributed by atoms with Gasteiger partial charge in [0.1, 0.15) is 10.6 Å². The summed E-state index contributed by atoms with van der Waals surface area (Å²) in [5.74, 6) is -2.19. The lowest BCUT2D eigenvalue weighted by Crippen LogP contribution is -2.35. The van der Waals surface area contributed by atoms with E-state index in [4.69, 9.17) is 4.74 Å². The smallest absolute Gasteiger partial charge is 0.262 e. The number of amides is 1. The topological polar surface area (TPSA) is 97.4 Å². The van der Waals surface area contributed by atoms with Crippen LogP contribution in [0.3, 0.4) is 0 Å². The average molecular weight is 461 g/mol. The fourth-order valence-corrected chi connectivity index (χ4v) is 4.30. The number of hydrogen-bond acceptors (Lipinski definition) is 5. The van der Waals surface area contributed by atoms with Crippen molar-refractivity contribution in [1.29, 1.82) is 0 Å². The van der Waals surface area contributed by atoms with Crippen LogP contribution in [0.1, 0.15) is 22.8 Å². The van der Waals surface area contributed by atoms with Gasteiger partial charge in [-0.05, 0) is 43.2 Å². The van der Waals surface area contributed by atoms with Crippen molar-refractivity contribution < 1.29 is 26.7 Å². The summed E-state index contributed by atoms with van der Waals surface area (Å²) in [5.41, 5.74) is 0.601. The number of rotatable bonds is 8. The lowest BCUT2D eigenvalue weighted by atomic mass is 10.1. The zero-order chi connectivity index (χ0) is 23.3. The number of benzene rings is 2. The van der Waals surface area contributed by atoms with Crippen LogP contribution in [0.25, 0.3) is 0 Å². The highest BCUT2D eigenvalue weighted by molar-refractivity contribution is 7.92. The molecule has 10 heteroatoms. The van der Waals surface area contributed by atoms with Gasteiger partial charge in [-0.25, -0.2) is 17.2 Å². The summed E-state index contributed by atoms with van der Waals surface area (Å²) < 4.78 is 59.8. The lowest BCUT2D eigenvalue weighted by Gasteiger charge is -2.16. The highest BCUT2D eigenvalue weighted by atomic mass is 32.2. The van der Waals surface area contributed by atoms with Gasteiger partial charge in [-0.2, -0.15) is 0 Å². The summed E-state index contributed by atoms with van der Waals surface area (Å²) in [6, 6.07) is 10.2. The highest BCUT2D eigenvalue weighted by Gasteiger charge is 2.23. The molecule has 3 aromatic rings. The third kappa shape index (κ3) is 5.58. The van der Waals surface area contributed by atoms with E-state index in [0.29, 0.717) is 11.3 Å². The Hall–Kier alpha value is -3.53. The molecular formula is C22H21F2N3O4S. The van der Waals surface area contributed by atoms with Crippen LogP contribution in [0.5, 0.6) is 5.75 Å². The number of nitrogens with one attached hydrogen (secondary N) is 2. The lowest BCUT2D eigenvalue weighted by molar-refractivity contribution is 0.0936. The summed E-state index contributed by atoms with van der Waals surface area (Å²) in [7, 11) is -2.69. The maximum Gasteiger partial charge on any atom is 0.262 e. The number of sulfonamides is 1. The van der Waals surface area contributed by atoms with Crippen molar-refractivity contribution in [3.63, 3.8) is 0 Å². The van der Waals surface area contributed by atoms with Crippen LogP contribution < -0.4 is 14.8 Å². The Morgan fingerprint density at radius 2 is 1.84 bits per heavy atom. The molecule has 1 amide bonds. The minimum atomic E-state index is -4.12. The molecule has 168 valence electrons. The molecule has 1 atom stereocenters. The summed E-state index contributed by atoms with van der Waals surface area (Å²) >= 11 is 0. The summed E-state index contributed by atoms with van der Waals surface area (Å²) in [5, 5.41) is 2.69. The predicted molar refractivity (Wildman–Crippen MR) is 115 cm³/mol. The van der Waals surface area contributed by atoms with Crippen LogP contribution in [0.2, 0.25) is 0 Å². The molecule has 2 N–H and O–H groups in total. The zero-order valence-corrected chi connectivity index (χ0v) is 18.1. The maximum absolute atomic E-state index is 13.4. The fraction of sp³-hybridized carbons (Fsp3) is 0.182. The Balaban J connectivity index is 1.78. The molecule has 0 saturated carbocycles. The van der Waals surface area contributed by atoms with Gasteiger partial charge in [-0.15, -0.1) is 0 Å². The van der Waals surface area contributed by atoms with Crippen molar-refractivity contribution >= 4 is 21.6 Å². The van der Waals surface area contributed by atoms with Crippen molar-refractivity contribution in [2.75, 3.05) is 11.8 Å². The predicted octanol–water partition coefficient (Wildman–Crippen LogP) is 3.53. The number of methoxy groups -OCH3 is 1. The molecule has 0 aliphatic carbocycles. The second-order valence-electron chi connectivity index (χ2n) is 7.04. The van der Waals surface area contributed by atoms with Crippen LogP contribution in [0, 0.1) is 11.6 Å². The normalized spacial score (nSPS) is 12.1. The van der Waals surface area contributed by atoms with E-state index in [1.54, 1.807) is 13.0 Å². The van der Waals surface area contributed by atoms with Gasteiger partial charge in [-0.3, -0.25) is 14.5 Å². The minimum absolute atomic E-state index is 0.0620. The summed E-state index contributed by atoms with van der Waals surface area (Å²) in [6.45, 7) is 1.68. The van der Waals surface area contributed by atoms with Gasteiger partial charge in [0.2, 0.25) is 0 Å². The van der Waals surface area contributed by atoms with E-state index >= 15 is 0 Å². The van der Waals surface area contributed by atoms with Crippen LogP contribution in [0.15, 0.2) is 65.8 Å². The van der Waals surface area contributed by atoms with Gasteiger partial charge in [0, 0.05) is 12.1 Å². The first-order valence-electron chi connectivity index (χ1n) is 9.55. The van der Waals surface area contributed by atoms with Crippen LogP contribution >= 0.6 is 0 Å². The quantitative estimate of drug-likeness (QED) is 0.535. The van der Waals surface area contributed by atoms with Crippen molar-refractivity contribution in [3.05, 3.63) is 83.7 Å². The van der Waals surface area contributed by atoms with Gasteiger partial charge in [0.05, 0.1) is 30.8 Å². The number of aromatic nitrogens is 1. The number of pyridine rings is 1. The molecule has 1 aromatic heterocycles. The molecule has 3 rings (SSSR count). The molecule has 0 fully saturated rings. The molecule has 0 aliphatic heterocycles. The number of hydrogen-bond donors (Lipinski definition) is 2. The van der Waals surface area contributed by atoms with Gasteiger partial charge < -0.3 is 10.1 Å². The minimum Gasteiger partial charge on any atom is -0.495 e. The molecular weight excluding hydrogens is 440 g/mol. The van der Waals surface area contributed by atoms with Crippen molar-refractivity contribution in [1.82, 2.24) is 10.3 Å². The number of halogens is 2. The second-order valence-corrected chi connectivity index (χ2v) is 8.69.